The van der Waals surface area contributed by atoms with Crippen LogP contribution in [-0.4, -0.2) is 51.3 Å². The van der Waals surface area contributed by atoms with Gasteiger partial charge in [-0.25, -0.2) is 18.1 Å². The van der Waals surface area contributed by atoms with Crippen molar-refractivity contribution in [2.45, 2.75) is 77.7 Å². The molecule has 1 aliphatic rings. The molecule has 4 heterocycles. The first-order valence-corrected chi connectivity index (χ1v) is 18.5. The van der Waals surface area contributed by atoms with Crippen LogP contribution in [0, 0.1) is 12.3 Å². The average molecular weight is 708 g/mol. The summed E-state index contributed by atoms with van der Waals surface area (Å²) in [5.74, 6) is -0.766. The number of carbonyl (C=O) groups excluding carboxylic acids is 1. The number of pyridine rings is 1. The van der Waals surface area contributed by atoms with Gasteiger partial charge in [-0.1, -0.05) is 60.1 Å². The van der Waals surface area contributed by atoms with Gasteiger partial charge in [0.2, 0.25) is 15.9 Å². The van der Waals surface area contributed by atoms with Crippen molar-refractivity contribution in [3.05, 3.63) is 98.3 Å². The number of thiophene rings is 1. The summed E-state index contributed by atoms with van der Waals surface area (Å²) in [5, 5.41) is 8.79. The number of ether oxygens (including phenoxy) is 2. The van der Waals surface area contributed by atoms with Gasteiger partial charge in [-0.2, -0.15) is 4.31 Å². The van der Waals surface area contributed by atoms with Crippen LogP contribution in [0.3, 0.4) is 0 Å². The Bertz CT molecular complexity index is 2060. The van der Waals surface area contributed by atoms with Gasteiger partial charge in [-0.15, -0.1) is 16.4 Å². The van der Waals surface area contributed by atoms with Gasteiger partial charge < -0.3 is 9.47 Å². The van der Waals surface area contributed by atoms with Crippen molar-refractivity contribution in [3.8, 4) is 5.88 Å². The molecule has 10 nitrogen and oxygen atoms in total. The summed E-state index contributed by atoms with van der Waals surface area (Å²) in [7, 11) is -3.95. The number of aromatic nitrogens is 4. The minimum absolute atomic E-state index is 0.0248. The van der Waals surface area contributed by atoms with Gasteiger partial charge in [0.15, 0.2) is 0 Å². The van der Waals surface area contributed by atoms with E-state index >= 15 is 0 Å². The summed E-state index contributed by atoms with van der Waals surface area (Å²) in [4.78, 5) is 19.0. The molecular formula is C35H38ClN5O5S2. The molecule has 48 heavy (non-hydrogen) atoms. The minimum Gasteiger partial charge on any atom is -0.472 e. The fraction of sp³-hybridized carbons (Fsp3) is 0.371. The van der Waals surface area contributed by atoms with E-state index in [0.29, 0.717) is 22.9 Å². The molecule has 0 fully saturated rings. The fourth-order valence-electron chi connectivity index (χ4n) is 6.20. The largest absolute Gasteiger partial charge is 0.472 e. The third kappa shape index (κ3) is 6.34. The van der Waals surface area contributed by atoms with Crippen LogP contribution in [-0.2, 0) is 39.3 Å². The SMILES string of the molecule is CC[C@@H]1CN(Cc2cc([C@@H](c3ccc4c(nnn4CC)c3C)C(C)(C)C(=O)OCc3ccccc3)sc2Cl)S(=O)(=O)c2cccnc2O1. The predicted octanol–water partition coefficient (Wildman–Crippen LogP) is 7.13. The quantitative estimate of drug-likeness (QED) is 0.141. The molecule has 3 aromatic heterocycles. The number of nitrogens with zero attached hydrogens (tertiary/aromatic N) is 5. The maximum absolute atomic E-state index is 14.0. The monoisotopic (exact) mass is 707 g/mol. The molecule has 0 N–H and O–H groups in total. The molecule has 0 bridgehead atoms. The third-order valence-corrected chi connectivity index (χ3v) is 12.3. The van der Waals surface area contributed by atoms with E-state index in [4.69, 9.17) is 21.1 Å². The van der Waals surface area contributed by atoms with Crippen LogP contribution in [0.15, 0.2) is 71.8 Å². The smallest absolute Gasteiger partial charge is 0.312 e. The Labute approximate surface area is 289 Å². The zero-order valence-electron chi connectivity index (χ0n) is 27.5. The molecule has 5 aromatic rings. The average Bonchev–Trinajstić information content (AvgIpc) is 3.64. The van der Waals surface area contributed by atoms with Crippen molar-refractivity contribution in [2.24, 2.45) is 5.41 Å². The second-order valence-corrected chi connectivity index (χ2v) is 16.1. The number of hydrogen-bond acceptors (Lipinski definition) is 9. The Kier molecular flexibility index (Phi) is 9.63. The van der Waals surface area contributed by atoms with Crippen LogP contribution >= 0.6 is 22.9 Å². The lowest BCUT2D eigenvalue weighted by molar-refractivity contribution is -0.156. The first-order chi connectivity index (χ1) is 22.9. The van der Waals surface area contributed by atoms with Crippen LogP contribution in [0.1, 0.15) is 67.2 Å². The lowest BCUT2D eigenvalue weighted by Crippen LogP contribution is -2.36. The lowest BCUT2D eigenvalue weighted by atomic mass is 9.72. The number of fused-ring (bicyclic) bond motifs is 2. The van der Waals surface area contributed by atoms with Crippen LogP contribution in [0.5, 0.6) is 5.88 Å². The van der Waals surface area contributed by atoms with Crippen molar-refractivity contribution >= 4 is 50.0 Å². The highest BCUT2D eigenvalue weighted by atomic mass is 35.5. The number of hydrogen-bond donors (Lipinski definition) is 0. The Morgan fingerprint density at radius 2 is 1.92 bits per heavy atom. The van der Waals surface area contributed by atoms with Gasteiger partial charge in [0.05, 0.1) is 21.8 Å². The normalized spacial score (nSPS) is 17.0. The van der Waals surface area contributed by atoms with Gasteiger partial charge in [0, 0.05) is 30.1 Å². The summed E-state index contributed by atoms with van der Waals surface area (Å²) < 4.78 is 43.4. The maximum atomic E-state index is 14.0. The van der Waals surface area contributed by atoms with Gasteiger partial charge in [0.1, 0.15) is 23.1 Å². The summed E-state index contributed by atoms with van der Waals surface area (Å²) in [6, 6.07) is 18.6. The lowest BCUT2D eigenvalue weighted by Gasteiger charge is -2.33. The third-order valence-electron chi connectivity index (χ3n) is 8.96. The molecule has 0 saturated heterocycles. The van der Waals surface area contributed by atoms with Crippen molar-refractivity contribution in [2.75, 3.05) is 6.54 Å². The first kappa shape index (κ1) is 34.0. The highest BCUT2D eigenvalue weighted by Gasteiger charge is 2.43. The molecule has 13 heteroatoms. The van der Waals surface area contributed by atoms with Gasteiger partial charge in [-0.05, 0) is 80.6 Å². The van der Waals surface area contributed by atoms with Gasteiger partial charge in [0.25, 0.3) is 0 Å². The number of halogens is 1. The highest BCUT2D eigenvalue weighted by molar-refractivity contribution is 7.89. The number of rotatable bonds is 10. The van der Waals surface area contributed by atoms with Crippen LogP contribution in [0.4, 0.5) is 0 Å². The Morgan fingerprint density at radius 3 is 2.65 bits per heavy atom. The molecule has 0 unspecified atom stereocenters. The second-order valence-electron chi connectivity index (χ2n) is 12.5. The van der Waals surface area contributed by atoms with E-state index < -0.39 is 21.4 Å². The van der Waals surface area contributed by atoms with E-state index in [9.17, 15) is 13.2 Å². The van der Waals surface area contributed by atoms with E-state index in [1.54, 1.807) is 6.07 Å². The van der Waals surface area contributed by atoms with E-state index in [1.807, 2.05) is 87.8 Å². The molecule has 0 saturated carbocycles. The van der Waals surface area contributed by atoms with Crippen molar-refractivity contribution in [1.29, 1.82) is 0 Å². The number of esters is 1. The topological polar surface area (TPSA) is 117 Å². The standard InChI is InChI=1S/C35H38ClN5O5S2/c1-6-25-20-40(48(43,44)29-14-11-17-37-33(29)46-25)19-24-18-28(47-32(24)36)30(26-15-16-27-31(22(26)3)38-39-41(27)7-2)35(4,5)34(42)45-21-23-12-9-8-10-13-23/h8-18,25,30H,6-7,19-21H2,1-5H3/t25-,30-/m1/s1. The molecule has 6 rings (SSSR count). The van der Waals surface area contributed by atoms with Crippen LogP contribution in [0.2, 0.25) is 4.34 Å². The fourth-order valence-corrected chi connectivity index (χ4v) is 9.31. The predicted molar refractivity (Wildman–Crippen MR) is 186 cm³/mol. The minimum atomic E-state index is -3.95. The second kappa shape index (κ2) is 13.6. The molecule has 0 radical (unpaired) electrons. The zero-order valence-corrected chi connectivity index (χ0v) is 29.9. The Hall–Kier alpha value is -3.84. The molecule has 1 aliphatic heterocycles. The highest BCUT2D eigenvalue weighted by Crippen LogP contribution is 2.48. The van der Waals surface area contributed by atoms with E-state index in [-0.39, 0.29) is 42.5 Å². The van der Waals surface area contributed by atoms with Crippen molar-refractivity contribution in [1.82, 2.24) is 24.3 Å². The summed E-state index contributed by atoms with van der Waals surface area (Å²) in [6.07, 6.45) is 1.73. The van der Waals surface area contributed by atoms with E-state index in [0.717, 1.165) is 32.6 Å². The maximum Gasteiger partial charge on any atom is 0.312 e. The first-order valence-electron chi connectivity index (χ1n) is 15.9. The van der Waals surface area contributed by atoms with Crippen LogP contribution in [0.25, 0.3) is 11.0 Å². The Balaban J connectivity index is 1.41. The molecule has 252 valence electrons. The summed E-state index contributed by atoms with van der Waals surface area (Å²) >= 11 is 8.28. The number of benzene rings is 2. The van der Waals surface area contributed by atoms with E-state index in [2.05, 4.69) is 15.3 Å². The van der Waals surface area contributed by atoms with Gasteiger partial charge >= 0.3 is 5.97 Å². The summed E-state index contributed by atoms with van der Waals surface area (Å²) in [5.41, 5.74) is 3.91. The Morgan fingerprint density at radius 1 is 1.15 bits per heavy atom. The molecule has 2 atom stereocenters. The zero-order chi connectivity index (χ0) is 34.2. The molecule has 0 spiro atoms. The molecular weight excluding hydrogens is 670 g/mol. The van der Waals surface area contributed by atoms with Crippen LogP contribution < -0.4 is 4.74 Å². The summed E-state index contributed by atoms with van der Waals surface area (Å²) in [6.45, 7) is 10.7. The number of sulfonamides is 1. The van der Waals surface area contributed by atoms with Crippen molar-refractivity contribution in [3.63, 3.8) is 0 Å². The van der Waals surface area contributed by atoms with E-state index in [1.165, 1.54) is 27.9 Å². The number of aryl methyl sites for hydroxylation is 2. The molecule has 2 aromatic carbocycles. The van der Waals surface area contributed by atoms with Crippen molar-refractivity contribution < 1.29 is 22.7 Å². The van der Waals surface area contributed by atoms with Gasteiger partial charge in [-0.3, -0.25) is 4.79 Å². The molecule has 0 aliphatic carbocycles. The molecule has 0 amide bonds. The number of carbonyl (C=O) groups is 1.